The van der Waals surface area contributed by atoms with Crippen molar-refractivity contribution in [3.05, 3.63) is 60.2 Å². The van der Waals surface area contributed by atoms with Gasteiger partial charge in [0.25, 0.3) is 11.8 Å². The van der Waals surface area contributed by atoms with Crippen LogP contribution in [0.2, 0.25) is 0 Å². The highest BCUT2D eigenvalue weighted by atomic mass is 16.5. The van der Waals surface area contributed by atoms with Crippen LogP contribution in [-0.4, -0.2) is 38.2 Å². The zero-order valence-corrected chi connectivity index (χ0v) is 15.0. The summed E-state index contributed by atoms with van der Waals surface area (Å²) in [6.45, 7) is 2.74. The van der Waals surface area contributed by atoms with Gasteiger partial charge in [-0.1, -0.05) is 30.3 Å². The Morgan fingerprint density at radius 3 is 2.46 bits per heavy atom. The Morgan fingerprint density at radius 1 is 1.04 bits per heavy atom. The largest absolute Gasteiger partial charge is 0.481 e. The molecule has 0 fully saturated rings. The number of hydrogen-bond acceptors (Lipinski definition) is 4. The first-order chi connectivity index (χ1) is 12.6. The first kappa shape index (κ1) is 19.5. The molecule has 0 radical (unpaired) electrons. The number of methoxy groups -OCH3 is 1. The van der Waals surface area contributed by atoms with E-state index in [2.05, 4.69) is 10.6 Å². The van der Waals surface area contributed by atoms with Crippen LogP contribution in [0.25, 0.3) is 0 Å². The first-order valence-corrected chi connectivity index (χ1v) is 8.50. The molecule has 26 heavy (non-hydrogen) atoms. The molecule has 6 heteroatoms. The molecule has 0 saturated carbocycles. The molecule has 0 heterocycles. The Bertz CT molecular complexity index is 719. The third-order valence-corrected chi connectivity index (χ3v) is 3.67. The maximum Gasteiger partial charge on any atom is 0.265 e. The molecular weight excluding hydrogens is 332 g/mol. The van der Waals surface area contributed by atoms with Gasteiger partial charge >= 0.3 is 0 Å². The molecule has 2 amide bonds. The second-order valence-corrected chi connectivity index (χ2v) is 5.71. The molecule has 0 aliphatic heterocycles. The molecule has 0 aliphatic carbocycles. The molecule has 2 aromatic carbocycles. The maximum absolute atomic E-state index is 12.4. The lowest BCUT2D eigenvalue weighted by atomic mass is 10.1. The summed E-state index contributed by atoms with van der Waals surface area (Å²) in [6, 6.07) is 16.0. The summed E-state index contributed by atoms with van der Waals surface area (Å²) in [5, 5.41) is 5.58. The van der Waals surface area contributed by atoms with Crippen LogP contribution >= 0.6 is 0 Å². The number of hydrogen-bond donors (Lipinski definition) is 2. The number of anilines is 1. The SMILES string of the molecule is COCCCNC(=O)c1ccccc1NC(=O)[C@H](C)Oc1ccccc1. The van der Waals surface area contributed by atoms with Crippen molar-refractivity contribution >= 4 is 17.5 Å². The average Bonchev–Trinajstić information content (AvgIpc) is 2.66. The van der Waals surface area contributed by atoms with Gasteiger partial charge in [-0.15, -0.1) is 0 Å². The van der Waals surface area contributed by atoms with Crippen LogP contribution in [0.5, 0.6) is 5.75 Å². The van der Waals surface area contributed by atoms with E-state index in [1.54, 1.807) is 50.4 Å². The molecule has 1 atom stereocenters. The van der Waals surface area contributed by atoms with E-state index >= 15 is 0 Å². The van der Waals surface area contributed by atoms with E-state index < -0.39 is 6.10 Å². The van der Waals surface area contributed by atoms with Gasteiger partial charge in [-0.2, -0.15) is 0 Å². The topological polar surface area (TPSA) is 76.7 Å². The Labute approximate surface area is 153 Å². The number of carbonyl (C=O) groups is 2. The summed E-state index contributed by atoms with van der Waals surface area (Å²) >= 11 is 0. The van der Waals surface area contributed by atoms with E-state index in [9.17, 15) is 9.59 Å². The second-order valence-electron chi connectivity index (χ2n) is 5.71. The van der Waals surface area contributed by atoms with Gasteiger partial charge in [0, 0.05) is 20.3 Å². The summed E-state index contributed by atoms with van der Waals surface area (Å²) in [5.41, 5.74) is 0.857. The summed E-state index contributed by atoms with van der Waals surface area (Å²) in [6.07, 6.45) is 0.0221. The van der Waals surface area contributed by atoms with E-state index in [-0.39, 0.29) is 11.8 Å². The molecule has 0 spiro atoms. The zero-order chi connectivity index (χ0) is 18.8. The van der Waals surface area contributed by atoms with Gasteiger partial charge in [-0.05, 0) is 37.6 Å². The van der Waals surface area contributed by atoms with Crippen LogP contribution in [0.4, 0.5) is 5.69 Å². The molecule has 2 rings (SSSR count). The summed E-state index contributed by atoms with van der Waals surface area (Å²) in [7, 11) is 1.62. The Hall–Kier alpha value is -2.86. The van der Waals surface area contributed by atoms with E-state index in [0.29, 0.717) is 30.2 Å². The van der Waals surface area contributed by atoms with Crippen molar-refractivity contribution in [1.82, 2.24) is 5.32 Å². The van der Waals surface area contributed by atoms with Crippen LogP contribution < -0.4 is 15.4 Å². The summed E-state index contributed by atoms with van der Waals surface area (Å²) < 4.78 is 10.6. The number of para-hydroxylation sites is 2. The van der Waals surface area contributed by atoms with E-state index in [0.717, 1.165) is 6.42 Å². The highest BCUT2D eigenvalue weighted by molar-refractivity contribution is 6.04. The van der Waals surface area contributed by atoms with Crippen LogP contribution in [0.1, 0.15) is 23.7 Å². The molecule has 2 N–H and O–H groups in total. The fourth-order valence-electron chi connectivity index (χ4n) is 2.29. The molecule has 0 saturated heterocycles. The number of ether oxygens (including phenoxy) is 2. The predicted octanol–water partition coefficient (Wildman–Crippen LogP) is 2.86. The second kappa shape index (κ2) is 10.2. The van der Waals surface area contributed by atoms with Crippen LogP contribution in [0.3, 0.4) is 0 Å². The van der Waals surface area contributed by atoms with Crippen molar-refractivity contribution in [1.29, 1.82) is 0 Å². The quantitative estimate of drug-likeness (QED) is 0.678. The molecule has 138 valence electrons. The third-order valence-electron chi connectivity index (χ3n) is 3.67. The number of nitrogens with one attached hydrogen (secondary N) is 2. The molecule has 0 aromatic heterocycles. The van der Waals surface area contributed by atoms with Gasteiger partial charge in [0.2, 0.25) is 0 Å². The number of carbonyl (C=O) groups excluding carboxylic acids is 2. The van der Waals surface area contributed by atoms with Gasteiger partial charge in [0.05, 0.1) is 11.3 Å². The van der Waals surface area contributed by atoms with Crippen LogP contribution in [0, 0.1) is 0 Å². The van der Waals surface area contributed by atoms with Crippen LogP contribution in [0.15, 0.2) is 54.6 Å². The summed E-state index contributed by atoms with van der Waals surface area (Å²) in [5.74, 6) is 0.0430. The van der Waals surface area contributed by atoms with Crippen molar-refractivity contribution in [2.45, 2.75) is 19.4 Å². The van der Waals surface area contributed by atoms with Crippen molar-refractivity contribution in [2.24, 2.45) is 0 Å². The number of amides is 2. The molecule has 6 nitrogen and oxygen atoms in total. The van der Waals surface area contributed by atoms with Crippen molar-refractivity contribution in [3.8, 4) is 5.75 Å². The van der Waals surface area contributed by atoms with Crippen LogP contribution in [-0.2, 0) is 9.53 Å². The fourth-order valence-corrected chi connectivity index (χ4v) is 2.29. The smallest absolute Gasteiger partial charge is 0.265 e. The van der Waals surface area contributed by atoms with Crippen molar-refractivity contribution in [3.63, 3.8) is 0 Å². The first-order valence-electron chi connectivity index (χ1n) is 8.50. The lowest BCUT2D eigenvalue weighted by Gasteiger charge is -2.16. The van der Waals surface area contributed by atoms with Gasteiger partial charge in [-0.3, -0.25) is 9.59 Å². The standard InChI is InChI=1S/C20H24N2O4/c1-15(26-16-9-4-3-5-10-16)19(23)22-18-12-7-6-11-17(18)20(24)21-13-8-14-25-2/h3-7,9-12,15H,8,13-14H2,1-2H3,(H,21,24)(H,22,23)/t15-/m0/s1. The number of benzene rings is 2. The van der Waals surface area contributed by atoms with Crippen molar-refractivity contribution in [2.75, 3.05) is 25.6 Å². The summed E-state index contributed by atoms with van der Waals surface area (Å²) in [4.78, 5) is 24.7. The van der Waals surface area contributed by atoms with E-state index in [1.165, 1.54) is 0 Å². The Balaban J connectivity index is 1.98. The van der Waals surface area contributed by atoms with Crippen molar-refractivity contribution < 1.29 is 19.1 Å². The van der Waals surface area contributed by atoms with Gasteiger partial charge in [-0.25, -0.2) is 0 Å². The molecule has 0 bridgehead atoms. The monoisotopic (exact) mass is 356 g/mol. The van der Waals surface area contributed by atoms with E-state index in [1.807, 2.05) is 18.2 Å². The predicted molar refractivity (Wildman–Crippen MR) is 100 cm³/mol. The third kappa shape index (κ3) is 5.89. The van der Waals surface area contributed by atoms with Gasteiger partial charge < -0.3 is 20.1 Å². The van der Waals surface area contributed by atoms with Gasteiger partial charge in [0.1, 0.15) is 5.75 Å². The maximum atomic E-state index is 12.4. The molecular formula is C20H24N2O4. The lowest BCUT2D eigenvalue weighted by Crippen LogP contribution is -2.32. The fraction of sp³-hybridized carbons (Fsp3) is 0.300. The minimum atomic E-state index is -0.699. The Kier molecular flexibility index (Phi) is 7.64. The van der Waals surface area contributed by atoms with E-state index in [4.69, 9.17) is 9.47 Å². The lowest BCUT2D eigenvalue weighted by molar-refractivity contribution is -0.122. The average molecular weight is 356 g/mol. The normalized spacial score (nSPS) is 11.5. The minimum Gasteiger partial charge on any atom is -0.481 e. The molecule has 0 unspecified atom stereocenters. The van der Waals surface area contributed by atoms with Gasteiger partial charge in [0.15, 0.2) is 6.10 Å². The minimum absolute atomic E-state index is 0.242. The highest BCUT2D eigenvalue weighted by Gasteiger charge is 2.18. The highest BCUT2D eigenvalue weighted by Crippen LogP contribution is 2.17. The number of rotatable bonds is 9. The molecule has 0 aliphatic rings. The Morgan fingerprint density at radius 2 is 1.73 bits per heavy atom. The molecule has 2 aromatic rings. The zero-order valence-electron chi connectivity index (χ0n) is 15.0.